The highest BCUT2D eigenvalue weighted by Crippen LogP contribution is 2.27. The van der Waals surface area contributed by atoms with Crippen LogP contribution in [0.4, 0.5) is 5.13 Å². The van der Waals surface area contributed by atoms with Gasteiger partial charge in [0, 0.05) is 5.41 Å². The van der Waals surface area contributed by atoms with E-state index in [-0.39, 0.29) is 30.3 Å². The van der Waals surface area contributed by atoms with Crippen LogP contribution in [0.15, 0.2) is 0 Å². The van der Waals surface area contributed by atoms with E-state index < -0.39 is 0 Å². The average molecular weight is 265 g/mol. The molecule has 1 rings (SSSR count). The normalized spacial score (nSPS) is 10.8. The monoisotopic (exact) mass is 264 g/mol. The molecule has 0 saturated heterocycles. The van der Waals surface area contributed by atoms with Gasteiger partial charge in [0.1, 0.15) is 5.01 Å². The fourth-order valence-electron chi connectivity index (χ4n) is 0.901. The molecule has 0 spiro atoms. The number of nitrogens with zero attached hydrogens (tertiary/aromatic N) is 2. The van der Waals surface area contributed by atoms with Gasteiger partial charge in [-0.05, 0) is 7.05 Å². The van der Waals surface area contributed by atoms with Gasteiger partial charge in [0.2, 0.25) is 11.0 Å². The van der Waals surface area contributed by atoms with Gasteiger partial charge in [0.15, 0.2) is 0 Å². The first-order valence-corrected chi connectivity index (χ1v) is 5.53. The zero-order chi connectivity index (χ0) is 11.5. The lowest BCUT2D eigenvalue weighted by molar-refractivity contribution is -0.115. The second kappa shape index (κ2) is 6.12. The molecule has 0 aliphatic heterocycles. The van der Waals surface area contributed by atoms with E-state index in [1.807, 2.05) is 0 Å². The molecule has 0 atom stereocenters. The third-order valence-electron chi connectivity index (χ3n) is 1.65. The summed E-state index contributed by atoms with van der Waals surface area (Å²) in [5.41, 5.74) is -0.0242. The van der Waals surface area contributed by atoms with Crippen LogP contribution in [0.1, 0.15) is 25.8 Å². The first-order valence-electron chi connectivity index (χ1n) is 4.72. The molecule has 0 aliphatic rings. The van der Waals surface area contributed by atoms with E-state index in [0.717, 1.165) is 5.01 Å². The van der Waals surface area contributed by atoms with Crippen LogP contribution < -0.4 is 10.6 Å². The lowest BCUT2D eigenvalue weighted by Gasteiger charge is -2.12. The van der Waals surface area contributed by atoms with Crippen molar-refractivity contribution in [2.24, 2.45) is 0 Å². The van der Waals surface area contributed by atoms with Crippen molar-refractivity contribution in [3.8, 4) is 0 Å². The van der Waals surface area contributed by atoms with E-state index in [0.29, 0.717) is 5.13 Å². The zero-order valence-corrected chi connectivity index (χ0v) is 11.5. The molecule has 0 unspecified atom stereocenters. The van der Waals surface area contributed by atoms with Gasteiger partial charge in [-0.1, -0.05) is 32.1 Å². The number of amides is 1. The summed E-state index contributed by atoms with van der Waals surface area (Å²) in [5, 5.41) is 14.9. The minimum Gasteiger partial charge on any atom is -0.311 e. The Morgan fingerprint density at radius 1 is 1.38 bits per heavy atom. The topological polar surface area (TPSA) is 66.9 Å². The maximum absolute atomic E-state index is 11.2. The lowest BCUT2D eigenvalue weighted by atomic mass is 9.98. The van der Waals surface area contributed by atoms with Crippen LogP contribution in [-0.2, 0) is 10.2 Å². The van der Waals surface area contributed by atoms with E-state index in [4.69, 9.17) is 0 Å². The fraction of sp³-hybridized carbons (Fsp3) is 0.667. The van der Waals surface area contributed by atoms with E-state index in [9.17, 15) is 4.79 Å². The number of hydrogen-bond donors (Lipinski definition) is 2. The predicted molar refractivity (Wildman–Crippen MR) is 68.4 cm³/mol. The van der Waals surface area contributed by atoms with Crippen molar-refractivity contribution >= 4 is 34.8 Å². The summed E-state index contributed by atoms with van der Waals surface area (Å²) in [5.74, 6) is -0.103. The van der Waals surface area contributed by atoms with Gasteiger partial charge in [-0.25, -0.2) is 0 Å². The molecule has 0 radical (unpaired) electrons. The predicted octanol–water partition coefficient (Wildman–Crippen LogP) is 1.42. The van der Waals surface area contributed by atoms with Crippen LogP contribution in [0.25, 0.3) is 0 Å². The second-order valence-corrected chi connectivity index (χ2v) is 5.22. The van der Waals surface area contributed by atoms with Crippen molar-refractivity contribution in [3.05, 3.63) is 5.01 Å². The number of rotatable bonds is 3. The highest BCUT2D eigenvalue weighted by atomic mass is 35.5. The molecule has 7 heteroatoms. The van der Waals surface area contributed by atoms with Crippen LogP contribution >= 0.6 is 23.7 Å². The first-order chi connectivity index (χ1) is 6.93. The van der Waals surface area contributed by atoms with Crippen molar-refractivity contribution < 1.29 is 4.79 Å². The van der Waals surface area contributed by atoms with Gasteiger partial charge in [-0.2, -0.15) is 0 Å². The van der Waals surface area contributed by atoms with Crippen LogP contribution in [0.3, 0.4) is 0 Å². The quantitative estimate of drug-likeness (QED) is 0.866. The van der Waals surface area contributed by atoms with Crippen molar-refractivity contribution in [1.82, 2.24) is 15.5 Å². The number of likely N-dealkylation sites (N-methyl/N-ethyl adjacent to an activating group) is 1. The molecule has 0 aromatic carbocycles. The van der Waals surface area contributed by atoms with E-state index in [2.05, 4.69) is 41.6 Å². The third-order valence-corrected chi connectivity index (χ3v) is 2.91. The van der Waals surface area contributed by atoms with Crippen LogP contribution in [0.5, 0.6) is 0 Å². The second-order valence-electron chi connectivity index (χ2n) is 4.24. The number of halogens is 1. The Morgan fingerprint density at radius 2 is 2.00 bits per heavy atom. The number of aromatic nitrogens is 2. The number of carbonyl (C=O) groups excluding carboxylic acids is 1. The smallest absolute Gasteiger partial charge is 0.240 e. The lowest BCUT2D eigenvalue weighted by Crippen LogP contribution is -2.24. The van der Waals surface area contributed by atoms with Crippen molar-refractivity contribution in [3.63, 3.8) is 0 Å². The van der Waals surface area contributed by atoms with Crippen molar-refractivity contribution in [2.75, 3.05) is 18.9 Å². The van der Waals surface area contributed by atoms with Crippen LogP contribution in [0.2, 0.25) is 0 Å². The molecule has 5 nitrogen and oxygen atoms in total. The van der Waals surface area contributed by atoms with Gasteiger partial charge in [0.05, 0.1) is 6.54 Å². The van der Waals surface area contributed by atoms with Crippen LogP contribution in [0, 0.1) is 0 Å². The number of carbonyl (C=O) groups is 1. The fourth-order valence-corrected chi connectivity index (χ4v) is 1.72. The standard InChI is InChI=1S/C9H16N4OS.ClH/c1-9(2,3)7-12-13-8(15-7)11-6(14)5-10-4;/h10H,5H2,1-4H3,(H,11,13,14);1H. The third kappa shape index (κ3) is 4.42. The summed E-state index contributed by atoms with van der Waals surface area (Å²) in [6, 6.07) is 0. The minimum absolute atomic E-state index is 0. The maximum atomic E-state index is 11.2. The average Bonchev–Trinajstić information content (AvgIpc) is 2.52. The van der Waals surface area contributed by atoms with E-state index in [1.165, 1.54) is 11.3 Å². The Hall–Kier alpha value is -0.720. The molecule has 92 valence electrons. The highest BCUT2D eigenvalue weighted by Gasteiger charge is 2.19. The molecule has 0 bridgehead atoms. The molecular weight excluding hydrogens is 248 g/mol. The minimum atomic E-state index is -0.103. The number of nitrogens with one attached hydrogen (secondary N) is 2. The molecule has 0 aliphatic carbocycles. The summed E-state index contributed by atoms with van der Waals surface area (Å²) in [4.78, 5) is 11.2. The SMILES string of the molecule is CNCC(=O)Nc1nnc(C(C)(C)C)s1.Cl. The van der Waals surface area contributed by atoms with Gasteiger partial charge < -0.3 is 5.32 Å². The zero-order valence-electron chi connectivity index (χ0n) is 9.83. The molecule has 1 aromatic rings. The Balaban J connectivity index is 0.00000225. The molecule has 2 N–H and O–H groups in total. The van der Waals surface area contributed by atoms with E-state index >= 15 is 0 Å². The summed E-state index contributed by atoms with van der Waals surface area (Å²) in [7, 11) is 1.72. The van der Waals surface area contributed by atoms with Gasteiger partial charge in [0.25, 0.3) is 0 Å². The molecular formula is C9H17ClN4OS. The van der Waals surface area contributed by atoms with Gasteiger partial charge >= 0.3 is 0 Å². The molecule has 1 aromatic heterocycles. The maximum Gasteiger partial charge on any atom is 0.240 e. The molecule has 0 saturated carbocycles. The number of hydrogen-bond acceptors (Lipinski definition) is 5. The Morgan fingerprint density at radius 3 is 2.44 bits per heavy atom. The summed E-state index contributed by atoms with van der Waals surface area (Å²) in [6.45, 7) is 6.47. The molecule has 1 amide bonds. The van der Waals surface area contributed by atoms with Gasteiger partial charge in [-0.3, -0.25) is 10.1 Å². The van der Waals surface area contributed by atoms with Crippen molar-refractivity contribution in [1.29, 1.82) is 0 Å². The Kier molecular flexibility index (Phi) is 5.85. The number of anilines is 1. The largest absolute Gasteiger partial charge is 0.311 e. The highest BCUT2D eigenvalue weighted by molar-refractivity contribution is 7.15. The molecule has 16 heavy (non-hydrogen) atoms. The van der Waals surface area contributed by atoms with Crippen molar-refractivity contribution in [2.45, 2.75) is 26.2 Å². The van der Waals surface area contributed by atoms with E-state index in [1.54, 1.807) is 7.05 Å². The first kappa shape index (κ1) is 15.3. The summed E-state index contributed by atoms with van der Waals surface area (Å²) < 4.78 is 0. The molecule has 0 fully saturated rings. The molecule has 1 heterocycles. The van der Waals surface area contributed by atoms with Gasteiger partial charge in [-0.15, -0.1) is 22.6 Å². The summed E-state index contributed by atoms with van der Waals surface area (Å²) in [6.07, 6.45) is 0. The Bertz CT molecular complexity index is 348. The Labute approximate surface area is 105 Å². The summed E-state index contributed by atoms with van der Waals surface area (Å²) >= 11 is 1.41. The van der Waals surface area contributed by atoms with Crippen LogP contribution in [-0.4, -0.2) is 29.7 Å².